The summed E-state index contributed by atoms with van der Waals surface area (Å²) >= 11 is 1.26. The first-order valence-electron chi connectivity index (χ1n) is 11.2. The fraction of sp³-hybridized carbons (Fsp3) is 0.360. The molecule has 1 aliphatic rings. The number of aromatic nitrogens is 2. The van der Waals surface area contributed by atoms with Crippen LogP contribution in [0.3, 0.4) is 0 Å². The topological polar surface area (TPSA) is 103 Å². The third-order valence-electron chi connectivity index (χ3n) is 5.24. The van der Waals surface area contributed by atoms with Crippen molar-refractivity contribution in [2.45, 2.75) is 45.9 Å². The molecule has 0 aliphatic carbocycles. The molecule has 4 rings (SSSR count). The van der Waals surface area contributed by atoms with Crippen LogP contribution < -0.4 is 14.8 Å². The van der Waals surface area contributed by atoms with Gasteiger partial charge in [-0.1, -0.05) is 17.4 Å². The number of benzene rings is 2. The first-order valence-corrected chi connectivity index (χ1v) is 12.0. The van der Waals surface area contributed by atoms with Crippen molar-refractivity contribution in [3.05, 3.63) is 64.2 Å². The van der Waals surface area contributed by atoms with Crippen molar-refractivity contribution in [3.63, 3.8) is 0 Å². The van der Waals surface area contributed by atoms with E-state index < -0.39 is 5.60 Å². The molecule has 0 saturated carbocycles. The van der Waals surface area contributed by atoms with E-state index in [2.05, 4.69) is 15.5 Å². The summed E-state index contributed by atoms with van der Waals surface area (Å²) in [7, 11) is 1.61. The normalized spacial score (nSPS) is 13.1. The second-order valence-corrected chi connectivity index (χ2v) is 10.1. The molecular weight excluding hydrogens is 468 g/mol. The standard InChI is InChI=1S/C25H28N4O5S/c1-25(2,3)34-24(31)29-12-11-16-13-17(5-6-18(16)14-29)22(30)26-23-28-27-21(35-23)15-33-20-9-7-19(32-4)8-10-20/h5-10,13H,11-12,14-15H2,1-4H3,(H,26,28,30). The summed E-state index contributed by atoms with van der Waals surface area (Å²) in [4.78, 5) is 26.8. The monoisotopic (exact) mass is 496 g/mol. The van der Waals surface area contributed by atoms with Gasteiger partial charge in [-0.05, 0) is 74.7 Å². The van der Waals surface area contributed by atoms with Gasteiger partial charge in [0.2, 0.25) is 5.13 Å². The number of ether oxygens (including phenoxy) is 3. The van der Waals surface area contributed by atoms with Gasteiger partial charge in [-0.25, -0.2) is 4.79 Å². The summed E-state index contributed by atoms with van der Waals surface area (Å²) in [5.74, 6) is 1.17. The van der Waals surface area contributed by atoms with Gasteiger partial charge in [0.15, 0.2) is 5.01 Å². The largest absolute Gasteiger partial charge is 0.497 e. The van der Waals surface area contributed by atoms with Crippen LogP contribution in [0.2, 0.25) is 0 Å². The predicted molar refractivity (Wildman–Crippen MR) is 132 cm³/mol. The molecule has 3 aromatic rings. The minimum absolute atomic E-state index is 0.243. The number of carbonyl (C=O) groups excluding carboxylic acids is 2. The van der Waals surface area contributed by atoms with E-state index in [4.69, 9.17) is 14.2 Å². The van der Waals surface area contributed by atoms with Crippen molar-refractivity contribution < 1.29 is 23.8 Å². The van der Waals surface area contributed by atoms with E-state index in [1.165, 1.54) is 11.3 Å². The van der Waals surface area contributed by atoms with Crippen molar-refractivity contribution >= 4 is 28.5 Å². The molecule has 0 spiro atoms. The molecule has 0 atom stereocenters. The lowest BCUT2D eigenvalue weighted by atomic mass is 9.97. The third kappa shape index (κ3) is 6.48. The average molecular weight is 497 g/mol. The molecule has 0 fully saturated rings. The Morgan fingerprint density at radius 3 is 2.51 bits per heavy atom. The number of anilines is 1. The average Bonchev–Trinajstić information content (AvgIpc) is 3.28. The molecule has 1 aliphatic heterocycles. The zero-order valence-electron chi connectivity index (χ0n) is 20.2. The third-order valence-corrected chi connectivity index (χ3v) is 6.05. The molecule has 9 nitrogen and oxygen atoms in total. The zero-order valence-corrected chi connectivity index (χ0v) is 21.0. The fourth-order valence-electron chi connectivity index (χ4n) is 3.53. The number of carbonyl (C=O) groups is 2. The summed E-state index contributed by atoms with van der Waals surface area (Å²) in [6.45, 7) is 6.79. The van der Waals surface area contributed by atoms with Crippen LogP contribution in [-0.2, 0) is 24.3 Å². The highest BCUT2D eigenvalue weighted by Crippen LogP contribution is 2.24. The summed E-state index contributed by atoms with van der Waals surface area (Å²) in [6.07, 6.45) is 0.328. The van der Waals surface area contributed by atoms with Crippen LogP contribution in [0, 0.1) is 0 Å². The van der Waals surface area contributed by atoms with Crippen LogP contribution >= 0.6 is 11.3 Å². The molecule has 35 heavy (non-hydrogen) atoms. The fourth-order valence-corrected chi connectivity index (χ4v) is 4.17. The maximum absolute atomic E-state index is 12.8. The van der Waals surface area contributed by atoms with E-state index >= 15 is 0 Å². The van der Waals surface area contributed by atoms with Gasteiger partial charge in [0.1, 0.15) is 23.7 Å². The van der Waals surface area contributed by atoms with Gasteiger partial charge in [-0.15, -0.1) is 10.2 Å². The van der Waals surface area contributed by atoms with Gasteiger partial charge in [0.25, 0.3) is 5.91 Å². The van der Waals surface area contributed by atoms with Crippen molar-refractivity contribution in [2.24, 2.45) is 0 Å². The SMILES string of the molecule is COc1ccc(OCc2nnc(NC(=O)c3ccc4c(c3)CCN(C(=O)OC(C)(C)C)C4)s2)cc1. The molecule has 0 unspecified atom stereocenters. The van der Waals surface area contributed by atoms with Crippen LogP contribution in [0.15, 0.2) is 42.5 Å². The quantitative estimate of drug-likeness (QED) is 0.529. The molecule has 2 heterocycles. The lowest BCUT2D eigenvalue weighted by Crippen LogP contribution is -2.39. The highest BCUT2D eigenvalue weighted by Gasteiger charge is 2.26. The summed E-state index contributed by atoms with van der Waals surface area (Å²) in [5, 5.41) is 12.0. The van der Waals surface area contributed by atoms with Crippen LogP contribution in [0.4, 0.5) is 9.93 Å². The first-order chi connectivity index (χ1) is 16.7. The van der Waals surface area contributed by atoms with Crippen LogP contribution in [0.1, 0.15) is 47.3 Å². The molecule has 2 aromatic carbocycles. The Morgan fingerprint density at radius 2 is 1.80 bits per heavy atom. The lowest BCUT2D eigenvalue weighted by molar-refractivity contribution is 0.0224. The molecule has 0 radical (unpaired) electrons. The van der Waals surface area contributed by atoms with Crippen molar-refractivity contribution in [1.82, 2.24) is 15.1 Å². The van der Waals surface area contributed by atoms with Crippen LogP contribution in [0.5, 0.6) is 11.5 Å². The highest BCUT2D eigenvalue weighted by atomic mass is 32.1. The first kappa shape index (κ1) is 24.5. The molecule has 0 saturated heterocycles. The molecule has 0 bridgehead atoms. The maximum atomic E-state index is 12.8. The minimum Gasteiger partial charge on any atom is -0.497 e. The summed E-state index contributed by atoms with van der Waals surface area (Å²) in [6, 6.07) is 12.8. The number of methoxy groups -OCH3 is 1. The lowest BCUT2D eigenvalue weighted by Gasteiger charge is -2.31. The van der Waals surface area contributed by atoms with E-state index in [0.29, 0.717) is 41.0 Å². The van der Waals surface area contributed by atoms with E-state index in [-0.39, 0.29) is 18.6 Å². The Kier molecular flexibility index (Phi) is 7.20. The Morgan fingerprint density at radius 1 is 1.06 bits per heavy atom. The van der Waals surface area contributed by atoms with Gasteiger partial charge in [-0.3, -0.25) is 10.1 Å². The van der Waals surface area contributed by atoms with E-state index in [1.54, 1.807) is 18.1 Å². The van der Waals surface area contributed by atoms with Gasteiger partial charge in [0.05, 0.1) is 7.11 Å². The predicted octanol–water partition coefficient (Wildman–Crippen LogP) is 4.67. The second kappa shape index (κ2) is 10.3. The number of amides is 2. The molecule has 1 aromatic heterocycles. The Balaban J connectivity index is 1.33. The van der Waals surface area contributed by atoms with E-state index in [0.717, 1.165) is 16.9 Å². The number of rotatable bonds is 6. The summed E-state index contributed by atoms with van der Waals surface area (Å²) in [5.41, 5.74) is 2.04. The van der Waals surface area contributed by atoms with Crippen molar-refractivity contribution in [2.75, 3.05) is 19.0 Å². The van der Waals surface area contributed by atoms with E-state index in [9.17, 15) is 9.59 Å². The molecule has 184 valence electrons. The van der Waals surface area contributed by atoms with Gasteiger partial charge in [0, 0.05) is 18.7 Å². The number of hydrogen-bond donors (Lipinski definition) is 1. The number of nitrogens with one attached hydrogen (secondary N) is 1. The second-order valence-electron chi connectivity index (χ2n) is 9.05. The molecule has 10 heteroatoms. The number of hydrogen-bond acceptors (Lipinski definition) is 8. The highest BCUT2D eigenvalue weighted by molar-refractivity contribution is 7.15. The van der Waals surface area contributed by atoms with E-state index in [1.807, 2.05) is 57.2 Å². The smallest absolute Gasteiger partial charge is 0.410 e. The maximum Gasteiger partial charge on any atom is 0.410 e. The number of nitrogens with zero attached hydrogens (tertiary/aromatic N) is 3. The van der Waals surface area contributed by atoms with Crippen LogP contribution in [0.25, 0.3) is 0 Å². The van der Waals surface area contributed by atoms with Crippen molar-refractivity contribution in [3.8, 4) is 11.5 Å². The minimum atomic E-state index is -0.536. The zero-order chi connectivity index (χ0) is 25.0. The summed E-state index contributed by atoms with van der Waals surface area (Å²) < 4.78 is 16.3. The molecule has 1 N–H and O–H groups in total. The molecule has 2 amide bonds. The number of fused-ring (bicyclic) bond motifs is 1. The Bertz CT molecular complexity index is 1200. The Hall–Kier alpha value is -3.66. The van der Waals surface area contributed by atoms with Crippen LogP contribution in [-0.4, -0.2) is 46.4 Å². The Labute approximate surface area is 208 Å². The van der Waals surface area contributed by atoms with Gasteiger partial charge < -0.3 is 19.1 Å². The van der Waals surface area contributed by atoms with Gasteiger partial charge >= 0.3 is 6.09 Å². The van der Waals surface area contributed by atoms with Gasteiger partial charge in [-0.2, -0.15) is 0 Å². The van der Waals surface area contributed by atoms with Crippen molar-refractivity contribution in [1.29, 1.82) is 0 Å². The molecular formula is C25H28N4O5S.